The van der Waals surface area contributed by atoms with Crippen LogP contribution < -0.4 is 19.5 Å². The SMILES string of the molecule is COc1ccc(OC)c(NC(=O)COC(=O)c2ccc(OC)c3ccccc23)c1. The van der Waals surface area contributed by atoms with E-state index in [1.807, 2.05) is 18.2 Å². The summed E-state index contributed by atoms with van der Waals surface area (Å²) in [5.41, 5.74) is 0.774. The van der Waals surface area contributed by atoms with Crippen LogP contribution in [0.3, 0.4) is 0 Å². The monoisotopic (exact) mass is 395 g/mol. The molecule has 0 aliphatic rings. The number of ether oxygens (including phenoxy) is 4. The number of anilines is 1. The van der Waals surface area contributed by atoms with E-state index in [0.29, 0.717) is 33.9 Å². The van der Waals surface area contributed by atoms with E-state index < -0.39 is 18.5 Å². The fraction of sp³-hybridized carbons (Fsp3) is 0.182. The van der Waals surface area contributed by atoms with Crippen molar-refractivity contribution >= 4 is 28.3 Å². The van der Waals surface area contributed by atoms with E-state index in [9.17, 15) is 9.59 Å². The molecule has 0 heterocycles. The van der Waals surface area contributed by atoms with Gasteiger partial charge in [-0.25, -0.2) is 4.79 Å². The Hall–Kier alpha value is -3.74. The van der Waals surface area contributed by atoms with E-state index in [1.54, 1.807) is 43.5 Å². The number of rotatable bonds is 7. The van der Waals surface area contributed by atoms with Crippen LogP contribution in [0.4, 0.5) is 5.69 Å². The van der Waals surface area contributed by atoms with E-state index in [2.05, 4.69) is 5.32 Å². The van der Waals surface area contributed by atoms with Crippen molar-refractivity contribution in [3.8, 4) is 17.2 Å². The molecule has 7 nitrogen and oxygen atoms in total. The molecular weight excluding hydrogens is 374 g/mol. The van der Waals surface area contributed by atoms with Gasteiger partial charge < -0.3 is 24.3 Å². The number of benzene rings is 3. The Morgan fingerprint density at radius 3 is 2.21 bits per heavy atom. The van der Waals surface area contributed by atoms with Crippen molar-refractivity contribution in [2.45, 2.75) is 0 Å². The summed E-state index contributed by atoms with van der Waals surface area (Å²) < 4.78 is 20.9. The summed E-state index contributed by atoms with van der Waals surface area (Å²) in [6, 6.07) is 15.6. The average molecular weight is 395 g/mol. The zero-order chi connectivity index (χ0) is 20.8. The minimum Gasteiger partial charge on any atom is -0.497 e. The van der Waals surface area contributed by atoms with Gasteiger partial charge in [0, 0.05) is 11.5 Å². The molecule has 0 spiro atoms. The summed E-state index contributed by atoms with van der Waals surface area (Å²) in [5, 5.41) is 4.13. The van der Waals surface area contributed by atoms with Gasteiger partial charge in [-0.2, -0.15) is 0 Å². The van der Waals surface area contributed by atoms with Crippen LogP contribution in [0.2, 0.25) is 0 Å². The molecule has 0 aliphatic carbocycles. The maximum Gasteiger partial charge on any atom is 0.339 e. The number of carbonyl (C=O) groups is 2. The summed E-state index contributed by atoms with van der Waals surface area (Å²) in [7, 11) is 4.58. The summed E-state index contributed by atoms with van der Waals surface area (Å²) in [6.45, 7) is -0.445. The van der Waals surface area contributed by atoms with E-state index in [0.717, 1.165) is 5.39 Å². The maximum absolute atomic E-state index is 12.6. The third-order valence-corrected chi connectivity index (χ3v) is 4.34. The number of amides is 1. The van der Waals surface area contributed by atoms with Crippen molar-refractivity contribution in [2.24, 2.45) is 0 Å². The summed E-state index contributed by atoms with van der Waals surface area (Å²) in [6.07, 6.45) is 0. The predicted molar refractivity (Wildman–Crippen MR) is 109 cm³/mol. The van der Waals surface area contributed by atoms with Crippen LogP contribution >= 0.6 is 0 Å². The Bertz CT molecular complexity index is 1050. The number of esters is 1. The van der Waals surface area contributed by atoms with E-state index in [4.69, 9.17) is 18.9 Å². The topological polar surface area (TPSA) is 83.1 Å². The molecule has 0 saturated heterocycles. The van der Waals surface area contributed by atoms with Gasteiger partial charge in [0.15, 0.2) is 6.61 Å². The van der Waals surface area contributed by atoms with Gasteiger partial charge in [-0.3, -0.25) is 4.79 Å². The first-order valence-electron chi connectivity index (χ1n) is 8.82. The Labute approximate surface area is 168 Å². The first-order valence-corrected chi connectivity index (χ1v) is 8.82. The molecule has 0 unspecified atom stereocenters. The van der Waals surface area contributed by atoms with Crippen molar-refractivity contribution in [1.29, 1.82) is 0 Å². The number of carbonyl (C=O) groups excluding carboxylic acids is 2. The van der Waals surface area contributed by atoms with Crippen LogP contribution in [0.15, 0.2) is 54.6 Å². The van der Waals surface area contributed by atoms with Crippen LogP contribution in [0.5, 0.6) is 17.2 Å². The summed E-state index contributed by atoms with van der Waals surface area (Å²) in [5.74, 6) is 0.578. The van der Waals surface area contributed by atoms with Gasteiger partial charge in [0.05, 0.1) is 32.6 Å². The first-order chi connectivity index (χ1) is 14.1. The van der Waals surface area contributed by atoms with Crippen LogP contribution in [-0.2, 0) is 9.53 Å². The summed E-state index contributed by atoms with van der Waals surface area (Å²) in [4.78, 5) is 24.8. The Morgan fingerprint density at radius 1 is 0.828 bits per heavy atom. The molecular formula is C22H21NO6. The van der Waals surface area contributed by atoms with Gasteiger partial charge >= 0.3 is 5.97 Å². The van der Waals surface area contributed by atoms with E-state index >= 15 is 0 Å². The quantitative estimate of drug-likeness (QED) is 0.615. The van der Waals surface area contributed by atoms with Crippen molar-refractivity contribution in [2.75, 3.05) is 33.3 Å². The molecule has 3 aromatic rings. The maximum atomic E-state index is 12.6. The molecule has 150 valence electrons. The molecule has 0 aromatic heterocycles. The molecule has 3 aromatic carbocycles. The van der Waals surface area contributed by atoms with E-state index in [1.165, 1.54) is 14.2 Å². The Balaban J connectivity index is 1.72. The Kier molecular flexibility index (Phi) is 6.19. The second kappa shape index (κ2) is 8.97. The lowest BCUT2D eigenvalue weighted by atomic mass is 10.0. The van der Waals surface area contributed by atoms with Crippen molar-refractivity contribution in [3.05, 3.63) is 60.2 Å². The van der Waals surface area contributed by atoms with Gasteiger partial charge in [-0.15, -0.1) is 0 Å². The van der Waals surface area contributed by atoms with Crippen LogP contribution in [-0.4, -0.2) is 39.8 Å². The highest BCUT2D eigenvalue weighted by molar-refractivity contribution is 6.07. The zero-order valence-corrected chi connectivity index (χ0v) is 16.4. The highest BCUT2D eigenvalue weighted by Crippen LogP contribution is 2.30. The molecule has 0 radical (unpaired) electrons. The zero-order valence-electron chi connectivity index (χ0n) is 16.4. The molecule has 0 bridgehead atoms. The second-order valence-electron chi connectivity index (χ2n) is 6.05. The minimum absolute atomic E-state index is 0.355. The highest BCUT2D eigenvalue weighted by atomic mass is 16.5. The third kappa shape index (κ3) is 4.40. The lowest BCUT2D eigenvalue weighted by Crippen LogP contribution is -2.21. The third-order valence-electron chi connectivity index (χ3n) is 4.34. The molecule has 1 N–H and O–H groups in total. The smallest absolute Gasteiger partial charge is 0.339 e. The molecule has 29 heavy (non-hydrogen) atoms. The molecule has 7 heteroatoms. The minimum atomic E-state index is -0.600. The second-order valence-corrected chi connectivity index (χ2v) is 6.05. The van der Waals surface area contributed by atoms with E-state index in [-0.39, 0.29) is 0 Å². The number of hydrogen-bond acceptors (Lipinski definition) is 6. The van der Waals surface area contributed by atoms with Gasteiger partial charge in [0.2, 0.25) is 0 Å². The molecule has 0 saturated carbocycles. The first kappa shape index (κ1) is 20.0. The molecule has 1 amide bonds. The standard InChI is InChI=1S/C22H21NO6/c1-26-14-8-10-20(28-3)18(12-14)23-21(24)13-29-22(25)17-9-11-19(27-2)16-7-5-4-6-15(16)17/h4-12H,13H2,1-3H3,(H,23,24). The van der Waals surface area contributed by atoms with Gasteiger partial charge in [0.1, 0.15) is 17.2 Å². The van der Waals surface area contributed by atoms with Gasteiger partial charge in [-0.05, 0) is 29.7 Å². The largest absolute Gasteiger partial charge is 0.497 e. The lowest BCUT2D eigenvalue weighted by molar-refractivity contribution is -0.119. The fourth-order valence-corrected chi connectivity index (χ4v) is 2.93. The van der Waals surface area contributed by atoms with Crippen LogP contribution in [0.1, 0.15) is 10.4 Å². The summed E-state index contributed by atoms with van der Waals surface area (Å²) >= 11 is 0. The van der Waals surface area contributed by atoms with Crippen molar-refractivity contribution in [1.82, 2.24) is 0 Å². The van der Waals surface area contributed by atoms with Crippen molar-refractivity contribution in [3.63, 3.8) is 0 Å². The fourth-order valence-electron chi connectivity index (χ4n) is 2.93. The lowest BCUT2D eigenvalue weighted by Gasteiger charge is -2.13. The van der Waals surface area contributed by atoms with Crippen LogP contribution in [0.25, 0.3) is 10.8 Å². The number of nitrogens with one attached hydrogen (secondary N) is 1. The molecule has 3 rings (SSSR count). The number of hydrogen-bond donors (Lipinski definition) is 1. The predicted octanol–water partition coefficient (Wildman–Crippen LogP) is 3.66. The number of fused-ring (bicyclic) bond motifs is 1. The Morgan fingerprint density at radius 2 is 1.52 bits per heavy atom. The average Bonchev–Trinajstić information content (AvgIpc) is 2.76. The molecule has 0 fully saturated rings. The molecule has 0 atom stereocenters. The van der Waals surface area contributed by atoms with Crippen molar-refractivity contribution < 1.29 is 28.5 Å². The van der Waals surface area contributed by atoms with Gasteiger partial charge in [0.25, 0.3) is 5.91 Å². The van der Waals surface area contributed by atoms with Crippen LogP contribution in [0, 0.1) is 0 Å². The van der Waals surface area contributed by atoms with Gasteiger partial charge in [-0.1, -0.05) is 24.3 Å². The number of methoxy groups -OCH3 is 3. The highest BCUT2D eigenvalue weighted by Gasteiger charge is 2.16. The molecule has 0 aliphatic heterocycles. The normalized spacial score (nSPS) is 10.3.